The topological polar surface area (TPSA) is 80.5 Å². The second-order valence-electron chi connectivity index (χ2n) is 5.06. The third-order valence-corrected chi connectivity index (χ3v) is 2.85. The van der Waals surface area contributed by atoms with Crippen LogP contribution in [0.4, 0.5) is 17.3 Å². The summed E-state index contributed by atoms with van der Waals surface area (Å²) in [4.78, 5) is 16.8. The van der Waals surface area contributed by atoms with Crippen molar-refractivity contribution in [3.63, 3.8) is 0 Å². The van der Waals surface area contributed by atoms with Gasteiger partial charge in [-0.05, 0) is 26.3 Å². The smallest absolute Gasteiger partial charge is 0.311 e. The highest BCUT2D eigenvalue weighted by Crippen LogP contribution is 2.26. The summed E-state index contributed by atoms with van der Waals surface area (Å²) in [6.07, 6.45) is 1.10. The molecule has 1 heterocycles. The number of nitro groups is 1. The highest BCUT2D eigenvalue weighted by molar-refractivity contribution is 5.61. The van der Waals surface area contributed by atoms with Gasteiger partial charge in [0.1, 0.15) is 5.82 Å². The molecule has 0 fully saturated rings. The molecule has 0 aromatic carbocycles. The lowest BCUT2D eigenvalue weighted by atomic mass is 10.3. The number of pyridine rings is 1. The molecule has 1 rings (SSSR count). The maximum Gasteiger partial charge on any atom is 0.311 e. The van der Waals surface area contributed by atoms with E-state index in [9.17, 15) is 10.1 Å². The summed E-state index contributed by atoms with van der Waals surface area (Å²) in [5.41, 5.74) is 0.00379. The zero-order valence-electron chi connectivity index (χ0n) is 13.1. The molecule has 7 nitrogen and oxygen atoms in total. The third-order valence-electron chi connectivity index (χ3n) is 2.85. The second kappa shape index (κ2) is 8.41. The molecule has 118 valence electrons. The van der Waals surface area contributed by atoms with Crippen LogP contribution in [-0.4, -0.2) is 42.8 Å². The Morgan fingerprint density at radius 2 is 2.19 bits per heavy atom. The first-order valence-corrected chi connectivity index (χ1v) is 7.17. The summed E-state index contributed by atoms with van der Waals surface area (Å²) in [5, 5.41) is 14.3. The Morgan fingerprint density at radius 3 is 2.76 bits per heavy atom. The molecule has 0 aliphatic rings. The van der Waals surface area contributed by atoms with Crippen LogP contribution < -0.4 is 10.2 Å². The van der Waals surface area contributed by atoms with E-state index in [4.69, 9.17) is 4.74 Å². The van der Waals surface area contributed by atoms with Crippen LogP contribution in [0.3, 0.4) is 0 Å². The number of nitrogens with one attached hydrogen (secondary N) is 1. The lowest BCUT2D eigenvalue weighted by molar-refractivity contribution is -0.384. The predicted molar refractivity (Wildman–Crippen MR) is 84.0 cm³/mol. The van der Waals surface area contributed by atoms with E-state index in [0.717, 1.165) is 13.0 Å². The van der Waals surface area contributed by atoms with Gasteiger partial charge in [0.15, 0.2) is 0 Å². The van der Waals surface area contributed by atoms with Gasteiger partial charge in [0.2, 0.25) is 5.82 Å². The zero-order valence-corrected chi connectivity index (χ0v) is 13.1. The molecule has 7 heteroatoms. The lowest BCUT2D eigenvalue weighted by Crippen LogP contribution is -2.25. The van der Waals surface area contributed by atoms with Crippen LogP contribution in [0.25, 0.3) is 0 Å². The van der Waals surface area contributed by atoms with E-state index in [2.05, 4.69) is 17.2 Å². The van der Waals surface area contributed by atoms with Gasteiger partial charge in [-0.2, -0.15) is 0 Å². The quantitative estimate of drug-likeness (QED) is 0.557. The number of ether oxygens (including phenoxy) is 1. The van der Waals surface area contributed by atoms with E-state index >= 15 is 0 Å². The van der Waals surface area contributed by atoms with Crippen molar-refractivity contribution in [2.75, 3.05) is 37.0 Å². The molecule has 0 atom stereocenters. The minimum Gasteiger partial charge on any atom is -0.377 e. The second-order valence-corrected chi connectivity index (χ2v) is 5.06. The fourth-order valence-corrected chi connectivity index (χ4v) is 1.75. The molecule has 0 saturated heterocycles. The molecular formula is C14H24N4O3. The highest BCUT2D eigenvalue weighted by Gasteiger charge is 2.19. The fraction of sp³-hybridized carbons (Fsp3) is 0.643. The number of hydrogen-bond acceptors (Lipinski definition) is 6. The summed E-state index contributed by atoms with van der Waals surface area (Å²) < 4.78 is 5.47. The molecule has 1 aromatic heterocycles. The minimum atomic E-state index is -0.411. The molecule has 1 aromatic rings. The van der Waals surface area contributed by atoms with E-state index < -0.39 is 4.92 Å². The van der Waals surface area contributed by atoms with Crippen molar-refractivity contribution in [3.8, 4) is 0 Å². The number of hydrogen-bond donors (Lipinski definition) is 1. The Hall–Kier alpha value is -1.89. The molecule has 21 heavy (non-hydrogen) atoms. The normalized spacial score (nSPS) is 10.7. The monoisotopic (exact) mass is 296 g/mol. The van der Waals surface area contributed by atoms with E-state index in [1.165, 1.54) is 6.07 Å². The number of nitrogens with zero attached hydrogens (tertiary/aromatic N) is 3. The van der Waals surface area contributed by atoms with Gasteiger partial charge in [-0.15, -0.1) is 0 Å². The Morgan fingerprint density at radius 1 is 1.48 bits per heavy atom. The number of likely N-dealkylation sites (N-methyl/N-ethyl adjacent to an activating group) is 1. The first-order chi connectivity index (χ1) is 9.95. The van der Waals surface area contributed by atoms with Crippen LogP contribution in [0, 0.1) is 10.1 Å². The van der Waals surface area contributed by atoms with Crippen molar-refractivity contribution in [3.05, 3.63) is 22.2 Å². The number of rotatable bonds is 9. The largest absolute Gasteiger partial charge is 0.377 e. The van der Waals surface area contributed by atoms with Crippen molar-refractivity contribution in [2.24, 2.45) is 0 Å². The van der Waals surface area contributed by atoms with Crippen LogP contribution in [-0.2, 0) is 4.74 Å². The van der Waals surface area contributed by atoms with Crippen molar-refractivity contribution in [1.82, 2.24) is 4.98 Å². The first-order valence-electron chi connectivity index (χ1n) is 7.17. The maximum absolute atomic E-state index is 11.1. The summed E-state index contributed by atoms with van der Waals surface area (Å²) in [6, 6.07) is 3.12. The Labute approximate surface area is 125 Å². The summed E-state index contributed by atoms with van der Waals surface area (Å²) in [7, 11) is 1.78. The average molecular weight is 296 g/mol. The van der Waals surface area contributed by atoms with Gasteiger partial charge >= 0.3 is 5.69 Å². The molecule has 0 saturated carbocycles. The molecule has 0 spiro atoms. The molecule has 1 N–H and O–H groups in total. The van der Waals surface area contributed by atoms with Gasteiger partial charge in [0, 0.05) is 26.2 Å². The average Bonchev–Trinajstić information content (AvgIpc) is 2.44. The van der Waals surface area contributed by atoms with Crippen LogP contribution in [0.2, 0.25) is 0 Å². The lowest BCUT2D eigenvalue weighted by Gasteiger charge is -2.19. The van der Waals surface area contributed by atoms with E-state index in [1.807, 2.05) is 13.8 Å². The zero-order chi connectivity index (χ0) is 15.8. The maximum atomic E-state index is 11.1. The first kappa shape index (κ1) is 17.2. The number of anilines is 2. The Kier molecular flexibility index (Phi) is 6.87. The molecule has 0 amide bonds. The Balaban J connectivity index is 2.86. The van der Waals surface area contributed by atoms with Crippen molar-refractivity contribution in [1.29, 1.82) is 0 Å². The number of aromatic nitrogens is 1. The summed E-state index contributed by atoms with van der Waals surface area (Å²) in [6.45, 7) is 7.79. The fourth-order valence-electron chi connectivity index (χ4n) is 1.75. The summed E-state index contributed by atoms with van der Waals surface area (Å²) >= 11 is 0. The van der Waals surface area contributed by atoms with Crippen LogP contribution in [0.5, 0.6) is 0 Å². The molecule has 0 radical (unpaired) electrons. The van der Waals surface area contributed by atoms with Gasteiger partial charge < -0.3 is 15.0 Å². The van der Waals surface area contributed by atoms with Crippen LogP contribution in [0.1, 0.15) is 27.2 Å². The van der Waals surface area contributed by atoms with Crippen molar-refractivity contribution in [2.45, 2.75) is 33.3 Å². The van der Waals surface area contributed by atoms with E-state index in [-0.39, 0.29) is 11.8 Å². The van der Waals surface area contributed by atoms with Gasteiger partial charge in [-0.3, -0.25) is 10.1 Å². The van der Waals surface area contributed by atoms with Gasteiger partial charge in [0.25, 0.3) is 0 Å². The molecule has 0 aliphatic heterocycles. The molecular weight excluding hydrogens is 272 g/mol. The summed E-state index contributed by atoms with van der Waals surface area (Å²) in [5.74, 6) is 1.00. The van der Waals surface area contributed by atoms with Gasteiger partial charge in [-0.1, -0.05) is 6.92 Å². The van der Waals surface area contributed by atoms with Crippen molar-refractivity contribution >= 4 is 17.3 Å². The standard InChI is InChI=1S/C14H24N4O3/c1-5-8-15-13-7-6-12(18(19)20)14(16-13)17(4)9-10-21-11(2)3/h6-7,11H,5,8-10H2,1-4H3,(H,15,16). The van der Waals surface area contributed by atoms with Crippen LogP contribution >= 0.6 is 0 Å². The van der Waals surface area contributed by atoms with E-state index in [1.54, 1.807) is 18.0 Å². The SMILES string of the molecule is CCCNc1ccc([N+](=O)[O-])c(N(C)CCOC(C)C)n1. The molecule has 0 aliphatic carbocycles. The van der Waals surface area contributed by atoms with Gasteiger partial charge in [0.05, 0.1) is 17.6 Å². The molecule has 0 bridgehead atoms. The van der Waals surface area contributed by atoms with Crippen LogP contribution in [0.15, 0.2) is 12.1 Å². The van der Waals surface area contributed by atoms with E-state index in [0.29, 0.717) is 24.8 Å². The predicted octanol–water partition coefficient (Wildman–Crippen LogP) is 2.67. The third kappa shape index (κ3) is 5.55. The molecule has 0 unspecified atom stereocenters. The highest BCUT2D eigenvalue weighted by atomic mass is 16.6. The minimum absolute atomic E-state index is 0.00379. The van der Waals surface area contributed by atoms with Gasteiger partial charge in [-0.25, -0.2) is 4.98 Å². The van der Waals surface area contributed by atoms with Crippen molar-refractivity contribution < 1.29 is 9.66 Å². The Bertz CT molecular complexity index is 466.